The molecule has 4 atom stereocenters. The maximum Gasteiger partial charge on any atom is 0.162 e. The van der Waals surface area contributed by atoms with Gasteiger partial charge >= 0.3 is 0 Å². The van der Waals surface area contributed by atoms with Gasteiger partial charge in [0.15, 0.2) is 12.6 Å². The molecule has 98 valence electrons. The summed E-state index contributed by atoms with van der Waals surface area (Å²) >= 11 is 0. The standard InChI is InChI=1S/C13H22O4/c1-3-6-10-11(9-16-13(10)14-2)17-12-7-4-5-8-15-12/h3,10-13H,1,4-9H2,2H3/t10-,11-,12?,13?/m0/s1. The van der Waals surface area contributed by atoms with E-state index >= 15 is 0 Å². The molecular weight excluding hydrogens is 220 g/mol. The Morgan fingerprint density at radius 1 is 1.35 bits per heavy atom. The van der Waals surface area contributed by atoms with Crippen molar-refractivity contribution in [2.24, 2.45) is 5.92 Å². The normalized spacial score (nSPS) is 38.2. The van der Waals surface area contributed by atoms with E-state index in [1.807, 2.05) is 6.08 Å². The summed E-state index contributed by atoms with van der Waals surface area (Å²) in [6.07, 6.45) is 5.84. The van der Waals surface area contributed by atoms with E-state index in [4.69, 9.17) is 18.9 Å². The fraction of sp³-hybridized carbons (Fsp3) is 0.846. The van der Waals surface area contributed by atoms with Crippen molar-refractivity contribution in [3.63, 3.8) is 0 Å². The zero-order valence-corrected chi connectivity index (χ0v) is 10.5. The third kappa shape index (κ3) is 3.28. The Bertz CT molecular complexity index is 238. The molecule has 2 saturated heterocycles. The first-order valence-electron chi connectivity index (χ1n) is 6.37. The van der Waals surface area contributed by atoms with E-state index in [1.54, 1.807) is 7.11 Å². The van der Waals surface area contributed by atoms with Crippen molar-refractivity contribution >= 4 is 0 Å². The van der Waals surface area contributed by atoms with Gasteiger partial charge in [-0.3, -0.25) is 0 Å². The molecule has 0 saturated carbocycles. The first kappa shape index (κ1) is 13.0. The van der Waals surface area contributed by atoms with Crippen LogP contribution >= 0.6 is 0 Å². The average molecular weight is 242 g/mol. The molecule has 0 aliphatic carbocycles. The molecule has 2 rings (SSSR count). The zero-order chi connectivity index (χ0) is 12.1. The molecule has 4 heteroatoms. The first-order chi connectivity index (χ1) is 8.35. The third-order valence-corrected chi connectivity index (χ3v) is 3.39. The monoisotopic (exact) mass is 242 g/mol. The van der Waals surface area contributed by atoms with Crippen LogP contribution in [0.4, 0.5) is 0 Å². The molecule has 0 aromatic rings. The van der Waals surface area contributed by atoms with Crippen LogP contribution in [0, 0.1) is 5.92 Å². The molecule has 2 aliphatic heterocycles. The molecule has 0 amide bonds. The molecule has 2 fully saturated rings. The molecule has 0 spiro atoms. The molecule has 2 aliphatic rings. The lowest BCUT2D eigenvalue weighted by Gasteiger charge is -2.28. The minimum absolute atomic E-state index is 0.0565. The van der Waals surface area contributed by atoms with Gasteiger partial charge in [0.2, 0.25) is 0 Å². The van der Waals surface area contributed by atoms with Crippen LogP contribution in [-0.2, 0) is 18.9 Å². The van der Waals surface area contributed by atoms with Gasteiger partial charge < -0.3 is 18.9 Å². The minimum atomic E-state index is -0.179. The average Bonchev–Trinajstić information content (AvgIpc) is 2.74. The number of rotatable bonds is 5. The fourth-order valence-corrected chi connectivity index (χ4v) is 2.46. The Kier molecular flexibility index (Phi) is 4.98. The lowest BCUT2D eigenvalue weighted by atomic mass is 10.0. The summed E-state index contributed by atoms with van der Waals surface area (Å²) < 4.78 is 22.4. The van der Waals surface area contributed by atoms with Crippen molar-refractivity contribution in [2.75, 3.05) is 20.3 Å². The Labute approximate surface area is 103 Å². The second-order valence-corrected chi connectivity index (χ2v) is 4.60. The van der Waals surface area contributed by atoms with Crippen LogP contribution in [0.3, 0.4) is 0 Å². The highest BCUT2D eigenvalue weighted by atomic mass is 16.7. The van der Waals surface area contributed by atoms with Crippen LogP contribution in [0.5, 0.6) is 0 Å². The second-order valence-electron chi connectivity index (χ2n) is 4.60. The van der Waals surface area contributed by atoms with Gasteiger partial charge in [-0.05, 0) is 25.7 Å². The summed E-state index contributed by atoms with van der Waals surface area (Å²) in [5.41, 5.74) is 0. The summed E-state index contributed by atoms with van der Waals surface area (Å²) in [5.74, 6) is 0.225. The van der Waals surface area contributed by atoms with Gasteiger partial charge in [0, 0.05) is 19.6 Å². The topological polar surface area (TPSA) is 36.9 Å². The highest BCUT2D eigenvalue weighted by Crippen LogP contribution is 2.30. The molecule has 2 heterocycles. The molecule has 2 unspecified atom stereocenters. The smallest absolute Gasteiger partial charge is 0.162 e. The van der Waals surface area contributed by atoms with E-state index in [-0.39, 0.29) is 24.6 Å². The summed E-state index contributed by atoms with van der Waals surface area (Å²) in [6.45, 7) is 5.16. The van der Waals surface area contributed by atoms with E-state index in [0.717, 1.165) is 25.9 Å². The van der Waals surface area contributed by atoms with Crippen molar-refractivity contribution in [3.05, 3.63) is 12.7 Å². The maximum atomic E-state index is 5.97. The summed E-state index contributed by atoms with van der Waals surface area (Å²) in [6, 6.07) is 0. The summed E-state index contributed by atoms with van der Waals surface area (Å²) in [5, 5.41) is 0. The largest absolute Gasteiger partial charge is 0.355 e. The summed E-state index contributed by atoms with van der Waals surface area (Å²) in [7, 11) is 1.67. The van der Waals surface area contributed by atoms with Gasteiger partial charge in [-0.25, -0.2) is 0 Å². The van der Waals surface area contributed by atoms with Gasteiger partial charge in [0.25, 0.3) is 0 Å². The zero-order valence-electron chi connectivity index (χ0n) is 10.5. The van der Waals surface area contributed by atoms with E-state index in [1.165, 1.54) is 6.42 Å². The van der Waals surface area contributed by atoms with Gasteiger partial charge in [-0.1, -0.05) is 6.08 Å². The first-order valence-corrected chi connectivity index (χ1v) is 6.37. The highest BCUT2D eigenvalue weighted by Gasteiger charge is 2.39. The second kappa shape index (κ2) is 6.50. The van der Waals surface area contributed by atoms with Crippen molar-refractivity contribution in [2.45, 2.75) is 44.4 Å². The van der Waals surface area contributed by atoms with Crippen LogP contribution in [-0.4, -0.2) is 39.0 Å². The Balaban J connectivity index is 1.87. The predicted molar refractivity (Wildman–Crippen MR) is 63.5 cm³/mol. The molecule has 17 heavy (non-hydrogen) atoms. The highest BCUT2D eigenvalue weighted by molar-refractivity contribution is 4.86. The fourth-order valence-electron chi connectivity index (χ4n) is 2.46. The maximum absolute atomic E-state index is 5.97. The lowest BCUT2D eigenvalue weighted by Crippen LogP contribution is -2.33. The van der Waals surface area contributed by atoms with Crippen molar-refractivity contribution in [3.8, 4) is 0 Å². The van der Waals surface area contributed by atoms with E-state index in [2.05, 4.69) is 6.58 Å². The summed E-state index contributed by atoms with van der Waals surface area (Å²) in [4.78, 5) is 0. The number of allylic oxidation sites excluding steroid dienone is 1. The molecule has 0 radical (unpaired) electrons. The lowest BCUT2D eigenvalue weighted by molar-refractivity contribution is -0.194. The molecule has 0 aromatic heterocycles. The van der Waals surface area contributed by atoms with Crippen molar-refractivity contribution < 1.29 is 18.9 Å². The predicted octanol–water partition coefficient (Wildman–Crippen LogP) is 2.09. The van der Waals surface area contributed by atoms with Crippen molar-refractivity contribution in [1.82, 2.24) is 0 Å². The van der Waals surface area contributed by atoms with Gasteiger partial charge in [-0.2, -0.15) is 0 Å². The van der Waals surface area contributed by atoms with Crippen LogP contribution in [0.1, 0.15) is 25.7 Å². The van der Waals surface area contributed by atoms with Gasteiger partial charge in [-0.15, -0.1) is 6.58 Å². The van der Waals surface area contributed by atoms with E-state index in [0.29, 0.717) is 6.61 Å². The number of ether oxygens (including phenoxy) is 4. The number of methoxy groups -OCH3 is 1. The molecular formula is C13H22O4. The number of hydrogen-bond donors (Lipinski definition) is 0. The third-order valence-electron chi connectivity index (χ3n) is 3.39. The molecule has 0 aromatic carbocycles. The Hall–Kier alpha value is -0.420. The SMILES string of the molecule is C=CC[C@@H]1C(OC)OC[C@@H]1OC1CCCCO1. The molecule has 4 nitrogen and oxygen atoms in total. The minimum Gasteiger partial charge on any atom is -0.355 e. The number of hydrogen-bond acceptors (Lipinski definition) is 4. The van der Waals surface area contributed by atoms with Crippen LogP contribution in [0.2, 0.25) is 0 Å². The van der Waals surface area contributed by atoms with Crippen LogP contribution in [0.25, 0.3) is 0 Å². The van der Waals surface area contributed by atoms with Crippen LogP contribution < -0.4 is 0 Å². The quantitative estimate of drug-likeness (QED) is 0.692. The van der Waals surface area contributed by atoms with E-state index in [9.17, 15) is 0 Å². The molecule has 0 bridgehead atoms. The van der Waals surface area contributed by atoms with E-state index < -0.39 is 0 Å². The van der Waals surface area contributed by atoms with Crippen molar-refractivity contribution in [1.29, 1.82) is 0 Å². The van der Waals surface area contributed by atoms with Crippen LogP contribution in [0.15, 0.2) is 12.7 Å². The Morgan fingerprint density at radius 2 is 2.24 bits per heavy atom. The molecule has 0 N–H and O–H groups in total. The van der Waals surface area contributed by atoms with Gasteiger partial charge in [0.1, 0.15) is 0 Å². The Morgan fingerprint density at radius 3 is 2.88 bits per heavy atom. The van der Waals surface area contributed by atoms with Gasteiger partial charge in [0.05, 0.1) is 12.7 Å².